The van der Waals surface area contributed by atoms with Gasteiger partial charge in [0.25, 0.3) is 0 Å². The zero-order chi connectivity index (χ0) is 16.0. The molecule has 1 aromatic rings. The Balaban J connectivity index is 2.00. The topological polar surface area (TPSA) is 43.4 Å². The number of allylic oxidation sites excluding steroid dienone is 1. The molecule has 0 saturated carbocycles. The molecule has 0 amide bonds. The maximum absolute atomic E-state index is 11.7. The van der Waals surface area contributed by atoms with Gasteiger partial charge in [0, 0.05) is 19.3 Å². The molecule has 0 atom stereocenters. The third-order valence-electron chi connectivity index (χ3n) is 3.51. The van der Waals surface area contributed by atoms with Gasteiger partial charge >= 0.3 is 5.97 Å². The van der Waals surface area contributed by atoms with Crippen LogP contribution in [-0.2, 0) is 14.3 Å². The van der Waals surface area contributed by atoms with E-state index in [0.29, 0.717) is 25.0 Å². The van der Waals surface area contributed by atoms with Crippen LogP contribution in [-0.4, -0.2) is 18.9 Å². The lowest BCUT2D eigenvalue weighted by atomic mass is 10.1. The number of carbonyl (C=O) groups is 2. The monoisotopic (exact) mass is 302 g/mol. The fourth-order valence-corrected chi connectivity index (χ4v) is 2.20. The normalized spacial score (nSPS) is 10.8. The lowest BCUT2D eigenvalue weighted by Crippen LogP contribution is -2.00. The zero-order valence-corrected chi connectivity index (χ0v) is 13.4. The van der Waals surface area contributed by atoms with Crippen molar-refractivity contribution in [2.45, 2.75) is 51.4 Å². The largest absolute Gasteiger partial charge is 0.469 e. The number of benzene rings is 1. The summed E-state index contributed by atoms with van der Waals surface area (Å²) in [6.45, 7) is 0. The molecule has 22 heavy (non-hydrogen) atoms. The molecule has 0 fully saturated rings. The number of methoxy groups -OCH3 is 1. The van der Waals surface area contributed by atoms with Gasteiger partial charge in [0.1, 0.15) is 5.78 Å². The van der Waals surface area contributed by atoms with Gasteiger partial charge in [-0.1, -0.05) is 55.3 Å². The minimum Gasteiger partial charge on any atom is -0.469 e. The van der Waals surface area contributed by atoms with E-state index in [1.54, 1.807) is 0 Å². The molecule has 0 aromatic heterocycles. The Morgan fingerprint density at radius 2 is 1.64 bits per heavy atom. The van der Waals surface area contributed by atoms with Gasteiger partial charge in [-0.2, -0.15) is 0 Å². The SMILES string of the molecule is COC(=O)CCCCCCC(=O)CC/C=C\c1ccccc1. The molecule has 0 bridgehead atoms. The maximum atomic E-state index is 11.7. The summed E-state index contributed by atoms with van der Waals surface area (Å²) in [5.41, 5.74) is 1.17. The van der Waals surface area contributed by atoms with Gasteiger partial charge in [0.2, 0.25) is 0 Å². The lowest BCUT2D eigenvalue weighted by Gasteiger charge is -2.01. The number of carbonyl (C=O) groups excluding carboxylic acids is 2. The number of hydrogen-bond donors (Lipinski definition) is 0. The van der Waals surface area contributed by atoms with Crippen LogP contribution in [0.1, 0.15) is 56.9 Å². The molecule has 1 aromatic carbocycles. The molecule has 3 heteroatoms. The average Bonchev–Trinajstić information content (AvgIpc) is 2.55. The van der Waals surface area contributed by atoms with Gasteiger partial charge < -0.3 is 4.74 Å². The molecule has 0 unspecified atom stereocenters. The molecule has 3 nitrogen and oxygen atoms in total. The number of esters is 1. The first-order valence-corrected chi connectivity index (χ1v) is 8.02. The molecule has 0 aliphatic rings. The highest BCUT2D eigenvalue weighted by Crippen LogP contribution is 2.09. The molecule has 0 radical (unpaired) electrons. The molecular weight excluding hydrogens is 276 g/mol. The fourth-order valence-electron chi connectivity index (χ4n) is 2.20. The predicted molar refractivity (Wildman–Crippen MR) is 89.4 cm³/mol. The van der Waals surface area contributed by atoms with Crippen molar-refractivity contribution in [3.05, 3.63) is 42.0 Å². The second-order valence-corrected chi connectivity index (χ2v) is 5.38. The summed E-state index contributed by atoms with van der Waals surface area (Å²) in [5.74, 6) is 0.173. The summed E-state index contributed by atoms with van der Waals surface area (Å²) in [4.78, 5) is 22.7. The fraction of sp³-hybridized carbons (Fsp3) is 0.474. The van der Waals surface area contributed by atoms with E-state index in [1.807, 2.05) is 30.3 Å². The highest BCUT2D eigenvalue weighted by atomic mass is 16.5. The third kappa shape index (κ3) is 9.11. The number of ether oxygens (including phenoxy) is 1. The van der Waals surface area contributed by atoms with E-state index in [2.05, 4.69) is 16.9 Å². The van der Waals surface area contributed by atoms with Gasteiger partial charge in [-0.05, 0) is 24.8 Å². The van der Waals surface area contributed by atoms with E-state index in [4.69, 9.17) is 0 Å². The molecule has 0 heterocycles. The molecule has 0 aliphatic heterocycles. The minimum absolute atomic E-state index is 0.152. The van der Waals surface area contributed by atoms with Crippen molar-refractivity contribution >= 4 is 17.8 Å². The molecule has 0 spiro atoms. The summed E-state index contributed by atoms with van der Waals surface area (Å²) in [6.07, 6.45) is 10.4. The Morgan fingerprint density at radius 3 is 2.32 bits per heavy atom. The van der Waals surface area contributed by atoms with E-state index in [-0.39, 0.29) is 5.97 Å². The maximum Gasteiger partial charge on any atom is 0.305 e. The van der Waals surface area contributed by atoms with E-state index in [9.17, 15) is 9.59 Å². The first-order valence-electron chi connectivity index (χ1n) is 8.02. The summed E-state index contributed by atoms with van der Waals surface area (Å²) in [6, 6.07) is 10.1. The van der Waals surface area contributed by atoms with Crippen molar-refractivity contribution in [1.29, 1.82) is 0 Å². The Bertz CT molecular complexity index is 463. The first-order chi connectivity index (χ1) is 10.7. The van der Waals surface area contributed by atoms with Crippen LogP contribution in [0, 0.1) is 0 Å². The van der Waals surface area contributed by atoms with Crippen LogP contribution in [0.3, 0.4) is 0 Å². The van der Waals surface area contributed by atoms with E-state index >= 15 is 0 Å². The van der Waals surface area contributed by atoms with Crippen LogP contribution in [0.25, 0.3) is 6.08 Å². The summed E-state index contributed by atoms with van der Waals surface area (Å²) < 4.78 is 4.58. The molecular formula is C19H26O3. The highest BCUT2D eigenvalue weighted by Gasteiger charge is 2.02. The summed E-state index contributed by atoms with van der Waals surface area (Å²) in [5, 5.41) is 0. The number of unbranched alkanes of at least 4 members (excludes halogenated alkanes) is 3. The number of rotatable bonds is 11. The average molecular weight is 302 g/mol. The smallest absolute Gasteiger partial charge is 0.305 e. The minimum atomic E-state index is -0.152. The van der Waals surface area contributed by atoms with Crippen molar-refractivity contribution in [2.24, 2.45) is 0 Å². The Labute approximate surface area is 133 Å². The van der Waals surface area contributed by atoms with Gasteiger partial charge in [-0.25, -0.2) is 0 Å². The number of Topliss-reactive ketones (excluding diaryl/α,β-unsaturated/α-hetero) is 1. The van der Waals surface area contributed by atoms with Crippen molar-refractivity contribution in [3.8, 4) is 0 Å². The van der Waals surface area contributed by atoms with Crippen LogP contribution in [0.15, 0.2) is 36.4 Å². The second-order valence-electron chi connectivity index (χ2n) is 5.38. The van der Waals surface area contributed by atoms with Crippen LogP contribution in [0.5, 0.6) is 0 Å². The number of ketones is 1. The van der Waals surface area contributed by atoms with Gasteiger partial charge in [0.15, 0.2) is 0 Å². The number of hydrogen-bond acceptors (Lipinski definition) is 3. The van der Waals surface area contributed by atoms with Crippen molar-refractivity contribution < 1.29 is 14.3 Å². The molecule has 0 saturated heterocycles. The van der Waals surface area contributed by atoms with E-state index < -0.39 is 0 Å². The first kappa shape index (κ1) is 18.1. The summed E-state index contributed by atoms with van der Waals surface area (Å²) in [7, 11) is 1.41. The van der Waals surface area contributed by atoms with E-state index in [0.717, 1.165) is 32.1 Å². The van der Waals surface area contributed by atoms with Gasteiger partial charge in [0.05, 0.1) is 7.11 Å². The van der Waals surface area contributed by atoms with Crippen LogP contribution in [0.4, 0.5) is 0 Å². The molecule has 120 valence electrons. The Morgan fingerprint density at radius 1 is 0.955 bits per heavy atom. The summed E-state index contributed by atoms with van der Waals surface area (Å²) >= 11 is 0. The van der Waals surface area contributed by atoms with Gasteiger partial charge in [-0.15, -0.1) is 0 Å². The third-order valence-corrected chi connectivity index (χ3v) is 3.51. The second kappa shape index (κ2) is 11.7. The van der Waals surface area contributed by atoms with Crippen LogP contribution < -0.4 is 0 Å². The molecule has 0 N–H and O–H groups in total. The molecule has 1 rings (SSSR count). The van der Waals surface area contributed by atoms with Crippen molar-refractivity contribution in [1.82, 2.24) is 0 Å². The highest BCUT2D eigenvalue weighted by molar-refractivity contribution is 5.78. The van der Waals surface area contributed by atoms with Crippen molar-refractivity contribution in [3.63, 3.8) is 0 Å². The lowest BCUT2D eigenvalue weighted by molar-refractivity contribution is -0.140. The van der Waals surface area contributed by atoms with Crippen molar-refractivity contribution in [2.75, 3.05) is 7.11 Å². The predicted octanol–water partition coefficient (Wildman–Crippen LogP) is 4.56. The van der Waals surface area contributed by atoms with Gasteiger partial charge in [-0.3, -0.25) is 9.59 Å². The van der Waals surface area contributed by atoms with Crippen LogP contribution >= 0.6 is 0 Å². The Kier molecular flexibility index (Phi) is 9.67. The molecule has 0 aliphatic carbocycles. The Hall–Kier alpha value is -1.90. The standard InChI is InChI=1S/C19H26O3/c1-22-19(21)16-8-3-2-7-14-18(20)15-10-9-13-17-11-5-4-6-12-17/h4-6,9,11-13H,2-3,7-8,10,14-16H2,1H3/b13-9-. The quantitative estimate of drug-likeness (QED) is 0.444. The zero-order valence-electron chi connectivity index (χ0n) is 13.4. The van der Waals surface area contributed by atoms with Crippen LogP contribution in [0.2, 0.25) is 0 Å². The van der Waals surface area contributed by atoms with E-state index in [1.165, 1.54) is 12.7 Å².